The average Bonchev–Trinajstić information content (AvgIpc) is 2.41. The minimum absolute atomic E-state index is 0.254. The van der Waals surface area contributed by atoms with Crippen molar-refractivity contribution in [1.82, 2.24) is 0 Å². The second kappa shape index (κ2) is 3.16. The van der Waals surface area contributed by atoms with E-state index in [1.807, 2.05) is 11.8 Å². The molecule has 0 bridgehead atoms. The van der Waals surface area contributed by atoms with E-state index in [-0.39, 0.29) is 5.41 Å². The van der Waals surface area contributed by atoms with Gasteiger partial charge in [0.25, 0.3) is 0 Å². The highest BCUT2D eigenvalue weighted by Crippen LogP contribution is 2.40. The molecule has 0 amide bonds. The van der Waals surface area contributed by atoms with Crippen LogP contribution in [0.3, 0.4) is 0 Å². The van der Waals surface area contributed by atoms with Crippen LogP contribution >= 0.6 is 11.8 Å². The van der Waals surface area contributed by atoms with Crippen LogP contribution in [0.15, 0.2) is 34.6 Å². The van der Waals surface area contributed by atoms with E-state index in [0.717, 1.165) is 6.42 Å². The highest BCUT2D eigenvalue weighted by Gasteiger charge is 2.19. The Morgan fingerprint density at radius 1 is 1.29 bits per heavy atom. The second-order valence-electron chi connectivity index (χ2n) is 4.89. The summed E-state index contributed by atoms with van der Waals surface area (Å²) in [5.41, 5.74) is 3.13. The summed E-state index contributed by atoms with van der Waals surface area (Å²) in [7, 11) is 0. The number of hydrogen-bond donors (Lipinski definition) is 0. The zero-order valence-electron chi connectivity index (χ0n) is 9.05. The summed E-state index contributed by atoms with van der Waals surface area (Å²) in [6.45, 7) is 10.8. The lowest BCUT2D eigenvalue weighted by atomic mass is 9.86. The van der Waals surface area contributed by atoms with Gasteiger partial charge in [-0.2, -0.15) is 0 Å². The van der Waals surface area contributed by atoms with Gasteiger partial charge in [-0.05, 0) is 27.5 Å². The van der Waals surface area contributed by atoms with E-state index in [0.29, 0.717) is 0 Å². The lowest BCUT2D eigenvalue weighted by Gasteiger charge is -2.19. The largest absolute Gasteiger partial charge is 0.0945 e. The molecule has 0 saturated heterocycles. The SMILES string of the molecule is C=C1Cc2cc(C(C)(C)C)ccc2S1. The van der Waals surface area contributed by atoms with Gasteiger partial charge in [0.2, 0.25) is 0 Å². The van der Waals surface area contributed by atoms with Gasteiger partial charge in [-0.3, -0.25) is 0 Å². The fourth-order valence-electron chi connectivity index (χ4n) is 1.69. The van der Waals surface area contributed by atoms with Gasteiger partial charge in [0.1, 0.15) is 0 Å². The molecule has 0 aliphatic carbocycles. The molecule has 0 unspecified atom stereocenters. The van der Waals surface area contributed by atoms with Crippen molar-refractivity contribution in [2.24, 2.45) is 0 Å². The minimum atomic E-state index is 0.254. The molecule has 0 fully saturated rings. The lowest BCUT2D eigenvalue weighted by Crippen LogP contribution is -2.11. The summed E-state index contributed by atoms with van der Waals surface area (Å²) in [5, 5.41) is 0. The lowest BCUT2D eigenvalue weighted by molar-refractivity contribution is 0.589. The van der Waals surface area contributed by atoms with Crippen LogP contribution in [0.4, 0.5) is 0 Å². The van der Waals surface area contributed by atoms with Gasteiger partial charge in [0.15, 0.2) is 0 Å². The zero-order chi connectivity index (χ0) is 10.3. The Morgan fingerprint density at radius 2 is 2.00 bits per heavy atom. The molecule has 14 heavy (non-hydrogen) atoms. The molecule has 0 radical (unpaired) electrons. The van der Waals surface area contributed by atoms with Gasteiger partial charge >= 0.3 is 0 Å². The third-order valence-electron chi connectivity index (χ3n) is 2.57. The molecule has 1 heterocycles. The predicted octanol–water partition coefficient (Wildman–Crippen LogP) is 4.15. The summed E-state index contributed by atoms with van der Waals surface area (Å²) in [4.78, 5) is 2.66. The second-order valence-corrected chi connectivity index (χ2v) is 6.11. The number of hydrogen-bond acceptors (Lipinski definition) is 1. The number of fused-ring (bicyclic) bond motifs is 1. The monoisotopic (exact) mass is 204 g/mol. The van der Waals surface area contributed by atoms with Gasteiger partial charge < -0.3 is 0 Å². The van der Waals surface area contributed by atoms with Crippen molar-refractivity contribution in [3.8, 4) is 0 Å². The molecular formula is C13H16S. The van der Waals surface area contributed by atoms with Crippen LogP contribution in [0.2, 0.25) is 0 Å². The maximum absolute atomic E-state index is 4.02. The fourth-order valence-corrected chi connectivity index (χ4v) is 2.62. The molecule has 2 rings (SSSR count). The summed E-state index contributed by atoms with van der Waals surface area (Å²) in [6, 6.07) is 6.81. The summed E-state index contributed by atoms with van der Waals surface area (Å²) < 4.78 is 0. The molecule has 1 aromatic carbocycles. The topological polar surface area (TPSA) is 0 Å². The van der Waals surface area contributed by atoms with Crippen LogP contribution in [0.1, 0.15) is 31.9 Å². The summed E-state index contributed by atoms with van der Waals surface area (Å²) >= 11 is 1.82. The quantitative estimate of drug-likeness (QED) is 0.612. The number of allylic oxidation sites excluding steroid dienone is 1. The molecule has 1 aliphatic heterocycles. The summed E-state index contributed by atoms with van der Waals surface area (Å²) in [5.74, 6) is 0. The molecule has 0 spiro atoms. The fraction of sp³-hybridized carbons (Fsp3) is 0.385. The van der Waals surface area contributed by atoms with Gasteiger partial charge in [-0.25, -0.2) is 0 Å². The Labute approximate surface area is 90.4 Å². The molecule has 1 heteroatoms. The van der Waals surface area contributed by atoms with E-state index in [9.17, 15) is 0 Å². The Balaban J connectivity index is 2.43. The van der Waals surface area contributed by atoms with E-state index in [1.165, 1.54) is 20.9 Å². The maximum Gasteiger partial charge on any atom is 0.0154 e. The normalized spacial score (nSPS) is 15.8. The van der Waals surface area contributed by atoms with Crippen LogP contribution in [-0.4, -0.2) is 0 Å². The van der Waals surface area contributed by atoms with E-state index >= 15 is 0 Å². The highest BCUT2D eigenvalue weighted by atomic mass is 32.2. The summed E-state index contributed by atoms with van der Waals surface area (Å²) in [6.07, 6.45) is 1.05. The first-order valence-corrected chi connectivity index (χ1v) is 5.77. The van der Waals surface area contributed by atoms with E-state index in [1.54, 1.807) is 0 Å². The van der Waals surface area contributed by atoms with Crippen molar-refractivity contribution >= 4 is 11.8 Å². The third kappa shape index (κ3) is 1.74. The van der Waals surface area contributed by atoms with Crippen molar-refractivity contribution in [1.29, 1.82) is 0 Å². The van der Waals surface area contributed by atoms with Crippen LogP contribution < -0.4 is 0 Å². The standard InChI is InChI=1S/C13H16S/c1-9-7-10-8-11(13(2,3)4)5-6-12(10)14-9/h5-6,8H,1,7H2,2-4H3. The smallest absolute Gasteiger partial charge is 0.0154 e. The molecule has 0 aromatic heterocycles. The Kier molecular flexibility index (Phi) is 2.23. The Morgan fingerprint density at radius 3 is 2.64 bits per heavy atom. The van der Waals surface area contributed by atoms with E-state index < -0.39 is 0 Å². The Bertz CT molecular complexity index is 383. The predicted molar refractivity (Wildman–Crippen MR) is 63.8 cm³/mol. The molecule has 0 nitrogen and oxygen atoms in total. The van der Waals surface area contributed by atoms with Crippen molar-refractivity contribution in [2.75, 3.05) is 0 Å². The van der Waals surface area contributed by atoms with Crippen molar-refractivity contribution < 1.29 is 0 Å². The van der Waals surface area contributed by atoms with Crippen molar-refractivity contribution in [2.45, 2.75) is 37.5 Å². The molecule has 0 atom stereocenters. The van der Waals surface area contributed by atoms with Crippen LogP contribution in [0.5, 0.6) is 0 Å². The molecule has 1 aliphatic rings. The number of benzene rings is 1. The number of rotatable bonds is 0. The molecular weight excluding hydrogens is 188 g/mol. The van der Waals surface area contributed by atoms with Crippen LogP contribution in [0.25, 0.3) is 0 Å². The van der Waals surface area contributed by atoms with Gasteiger partial charge in [0, 0.05) is 11.3 Å². The first kappa shape index (κ1) is 9.85. The minimum Gasteiger partial charge on any atom is -0.0945 e. The van der Waals surface area contributed by atoms with Crippen LogP contribution in [0, 0.1) is 0 Å². The maximum atomic E-state index is 4.02. The molecule has 0 N–H and O–H groups in total. The molecule has 74 valence electrons. The van der Waals surface area contributed by atoms with E-state index in [4.69, 9.17) is 0 Å². The molecule has 0 saturated carbocycles. The van der Waals surface area contributed by atoms with E-state index in [2.05, 4.69) is 45.5 Å². The number of thioether (sulfide) groups is 1. The Hall–Kier alpha value is -0.690. The van der Waals surface area contributed by atoms with Gasteiger partial charge in [-0.15, -0.1) is 0 Å². The third-order valence-corrected chi connectivity index (χ3v) is 3.62. The van der Waals surface area contributed by atoms with Crippen LogP contribution in [-0.2, 0) is 11.8 Å². The van der Waals surface area contributed by atoms with Crippen molar-refractivity contribution in [3.05, 3.63) is 40.8 Å². The first-order chi connectivity index (χ1) is 6.47. The average molecular weight is 204 g/mol. The molecule has 1 aromatic rings. The zero-order valence-corrected chi connectivity index (χ0v) is 9.87. The first-order valence-electron chi connectivity index (χ1n) is 4.96. The van der Waals surface area contributed by atoms with Gasteiger partial charge in [-0.1, -0.05) is 51.2 Å². The van der Waals surface area contributed by atoms with Gasteiger partial charge in [0.05, 0.1) is 0 Å². The highest BCUT2D eigenvalue weighted by molar-refractivity contribution is 8.03. The van der Waals surface area contributed by atoms with Crippen molar-refractivity contribution in [3.63, 3.8) is 0 Å².